The van der Waals surface area contributed by atoms with Gasteiger partial charge in [-0.15, -0.1) is 0 Å². The lowest BCUT2D eigenvalue weighted by Crippen LogP contribution is -2.06. The van der Waals surface area contributed by atoms with E-state index in [1.165, 1.54) is 0 Å². The normalized spacial score (nSPS) is 10.3. The fourth-order valence-corrected chi connectivity index (χ4v) is 2.99. The first-order valence-corrected chi connectivity index (χ1v) is 8.88. The summed E-state index contributed by atoms with van der Waals surface area (Å²) in [7, 11) is 1.66. The lowest BCUT2D eigenvalue weighted by molar-refractivity contribution is 0.281. The molecule has 25 heavy (non-hydrogen) atoms. The second-order valence-corrected chi connectivity index (χ2v) is 6.41. The summed E-state index contributed by atoms with van der Waals surface area (Å²) in [4.78, 5) is 0. The lowest BCUT2D eigenvalue weighted by atomic mass is 10.1. The summed E-state index contributed by atoms with van der Waals surface area (Å²) in [6.45, 7) is 1.12. The molecule has 0 aliphatic rings. The van der Waals surface area contributed by atoms with Crippen LogP contribution in [0.15, 0.2) is 77.3 Å². The highest BCUT2D eigenvalue weighted by molar-refractivity contribution is 9.10. The first kappa shape index (κ1) is 17.4. The highest BCUT2D eigenvalue weighted by Crippen LogP contribution is 2.37. The third-order valence-electron chi connectivity index (χ3n) is 3.86. The Balaban J connectivity index is 1.82. The van der Waals surface area contributed by atoms with Gasteiger partial charge in [-0.05, 0) is 29.8 Å². The fourth-order valence-electron chi connectivity index (χ4n) is 2.54. The smallest absolute Gasteiger partial charge is 0.167 e. The molecule has 3 aromatic carbocycles. The Morgan fingerprint density at radius 3 is 2.24 bits per heavy atom. The van der Waals surface area contributed by atoms with Gasteiger partial charge < -0.3 is 14.8 Å². The molecule has 0 aliphatic heterocycles. The maximum absolute atomic E-state index is 6.12. The molecule has 0 saturated carbocycles. The molecule has 0 atom stereocenters. The maximum Gasteiger partial charge on any atom is 0.167 e. The molecule has 0 aromatic heterocycles. The van der Waals surface area contributed by atoms with Gasteiger partial charge in [0, 0.05) is 22.3 Å². The maximum atomic E-state index is 6.12. The first-order valence-electron chi connectivity index (χ1n) is 8.09. The van der Waals surface area contributed by atoms with E-state index in [1.54, 1.807) is 7.11 Å². The lowest BCUT2D eigenvalue weighted by Gasteiger charge is -2.17. The summed E-state index contributed by atoms with van der Waals surface area (Å²) in [5, 5.41) is 3.43. The van der Waals surface area contributed by atoms with Crippen LogP contribution in [0.25, 0.3) is 0 Å². The molecule has 0 aliphatic carbocycles. The van der Waals surface area contributed by atoms with Crippen molar-refractivity contribution in [3.05, 3.63) is 88.4 Å². The molecule has 0 bridgehead atoms. The average molecular weight is 398 g/mol. The van der Waals surface area contributed by atoms with Crippen LogP contribution in [0.1, 0.15) is 11.1 Å². The van der Waals surface area contributed by atoms with Crippen molar-refractivity contribution in [2.45, 2.75) is 13.2 Å². The number of para-hydroxylation sites is 1. The highest BCUT2D eigenvalue weighted by atomic mass is 79.9. The fraction of sp³-hybridized carbons (Fsp3) is 0.143. The summed E-state index contributed by atoms with van der Waals surface area (Å²) in [5.41, 5.74) is 3.21. The molecule has 0 radical (unpaired) electrons. The van der Waals surface area contributed by atoms with Crippen molar-refractivity contribution < 1.29 is 9.47 Å². The van der Waals surface area contributed by atoms with Gasteiger partial charge in [0.05, 0.1) is 7.11 Å². The Morgan fingerprint density at radius 2 is 1.56 bits per heavy atom. The molecule has 0 heterocycles. The molecule has 0 fully saturated rings. The summed E-state index contributed by atoms with van der Waals surface area (Å²) < 4.78 is 12.6. The molecule has 4 heteroatoms. The van der Waals surface area contributed by atoms with Crippen molar-refractivity contribution in [3.8, 4) is 11.5 Å². The van der Waals surface area contributed by atoms with Crippen molar-refractivity contribution >= 4 is 21.6 Å². The number of methoxy groups -OCH3 is 1. The molecule has 3 nitrogen and oxygen atoms in total. The Kier molecular flexibility index (Phi) is 5.96. The molecular weight excluding hydrogens is 378 g/mol. The predicted octanol–water partition coefficient (Wildman–Crippen LogP) is 5.65. The standard InChI is InChI=1S/C21H20BrNO2/c1-24-20-13-12-19(22)18(14-23-17-10-6-3-7-11-17)21(20)25-15-16-8-4-2-5-9-16/h2-13,23H,14-15H2,1H3. The molecule has 0 spiro atoms. The number of rotatable bonds is 7. The molecule has 3 rings (SSSR count). The van der Waals surface area contributed by atoms with Crippen LogP contribution in [0.5, 0.6) is 11.5 Å². The van der Waals surface area contributed by atoms with E-state index in [9.17, 15) is 0 Å². The molecule has 1 N–H and O–H groups in total. The second kappa shape index (κ2) is 8.58. The van der Waals surface area contributed by atoms with Crippen molar-refractivity contribution in [3.63, 3.8) is 0 Å². The Hall–Kier alpha value is -2.46. The van der Waals surface area contributed by atoms with Gasteiger partial charge in [-0.25, -0.2) is 0 Å². The van der Waals surface area contributed by atoms with Gasteiger partial charge in [0.2, 0.25) is 0 Å². The predicted molar refractivity (Wildman–Crippen MR) is 105 cm³/mol. The minimum atomic E-state index is 0.492. The summed E-state index contributed by atoms with van der Waals surface area (Å²) in [5.74, 6) is 1.48. The van der Waals surface area contributed by atoms with Crippen molar-refractivity contribution in [2.24, 2.45) is 0 Å². The van der Waals surface area contributed by atoms with E-state index in [4.69, 9.17) is 9.47 Å². The number of halogens is 1. The van der Waals surface area contributed by atoms with Gasteiger partial charge in [0.25, 0.3) is 0 Å². The van der Waals surface area contributed by atoms with Gasteiger partial charge >= 0.3 is 0 Å². The third-order valence-corrected chi connectivity index (χ3v) is 4.60. The topological polar surface area (TPSA) is 30.5 Å². The zero-order valence-electron chi connectivity index (χ0n) is 14.0. The summed E-state index contributed by atoms with van der Waals surface area (Å²) in [6.07, 6.45) is 0. The molecule has 0 unspecified atom stereocenters. The summed E-state index contributed by atoms with van der Waals surface area (Å²) in [6, 6.07) is 24.1. The van der Waals surface area contributed by atoms with Gasteiger partial charge in [-0.3, -0.25) is 0 Å². The van der Waals surface area contributed by atoms with Crippen LogP contribution in [0, 0.1) is 0 Å². The monoisotopic (exact) mass is 397 g/mol. The van der Waals surface area contributed by atoms with Gasteiger partial charge in [0.1, 0.15) is 6.61 Å². The number of ether oxygens (including phenoxy) is 2. The van der Waals surface area contributed by atoms with Gasteiger partial charge in [-0.2, -0.15) is 0 Å². The van der Waals surface area contributed by atoms with Crippen LogP contribution in [0.3, 0.4) is 0 Å². The quantitative estimate of drug-likeness (QED) is 0.558. The van der Waals surface area contributed by atoms with E-state index in [0.717, 1.165) is 32.8 Å². The minimum absolute atomic E-state index is 0.492. The molecule has 128 valence electrons. The second-order valence-electron chi connectivity index (χ2n) is 5.55. The Morgan fingerprint density at radius 1 is 0.880 bits per heavy atom. The highest BCUT2D eigenvalue weighted by Gasteiger charge is 2.15. The Bertz CT molecular complexity index is 807. The average Bonchev–Trinajstić information content (AvgIpc) is 2.67. The van der Waals surface area contributed by atoms with E-state index in [0.29, 0.717) is 13.2 Å². The molecular formula is C21H20BrNO2. The number of anilines is 1. The number of benzene rings is 3. The van der Waals surface area contributed by atoms with E-state index >= 15 is 0 Å². The van der Waals surface area contributed by atoms with Crippen molar-refractivity contribution in [2.75, 3.05) is 12.4 Å². The SMILES string of the molecule is COc1ccc(Br)c(CNc2ccccc2)c1OCc1ccccc1. The molecule has 0 amide bonds. The zero-order chi connectivity index (χ0) is 17.5. The Labute approximate surface area is 156 Å². The van der Waals surface area contributed by atoms with Crippen LogP contribution in [0.2, 0.25) is 0 Å². The van der Waals surface area contributed by atoms with Gasteiger partial charge in [0.15, 0.2) is 11.5 Å². The van der Waals surface area contributed by atoms with Crippen LogP contribution in [-0.4, -0.2) is 7.11 Å². The van der Waals surface area contributed by atoms with E-state index in [-0.39, 0.29) is 0 Å². The van der Waals surface area contributed by atoms with Gasteiger partial charge in [-0.1, -0.05) is 64.5 Å². The van der Waals surface area contributed by atoms with Crippen LogP contribution in [0.4, 0.5) is 5.69 Å². The summed E-state index contributed by atoms with van der Waals surface area (Å²) >= 11 is 3.63. The largest absolute Gasteiger partial charge is 0.493 e. The van der Waals surface area contributed by atoms with Crippen LogP contribution < -0.4 is 14.8 Å². The van der Waals surface area contributed by atoms with E-state index in [2.05, 4.69) is 21.2 Å². The number of hydrogen-bond donors (Lipinski definition) is 1. The molecule has 0 saturated heterocycles. The minimum Gasteiger partial charge on any atom is -0.493 e. The molecule has 3 aromatic rings. The van der Waals surface area contributed by atoms with E-state index in [1.807, 2.05) is 72.8 Å². The number of hydrogen-bond acceptors (Lipinski definition) is 3. The van der Waals surface area contributed by atoms with Crippen molar-refractivity contribution in [1.29, 1.82) is 0 Å². The first-order chi connectivity index (χ1) is 12.3. The van der Waals surface area contributed by atoms with Crippen LogP contribution >= 0.6 is 15.9 Å². The van der Waals surface area contributed by atoms with Crippen LogP contribution in [-0.2, 0) is 13.2 Å². The van der Waals surface area contributed by atoms with E-state index < -0.39 is 0 Å². The third kappa shape index (κ3) is 4.54. The zero-order valence-corrected chi connectivity index (χ0v) is 15.6. The number of nitrogens with one attached hydrogen (secondary N) is 1. The van der Waals surface area contributed by atoms with Crippen molar-refractivity contribution in [1.82, 2.24) is 0 Å².